The zero-order valence-corrected chi connectivity index (χ0v) is 25.3. The van der Waals surface area contributed by atoms with Gasteiger partial charge in [-0.1, -0.05) is 58.8 Å². The zero-order chi connectivity index (χ0) is 28.6. The first-order chi connectivity index (χ1) is 17.4. The minimum atomic E-state index is -0.233. The first kappa shape index (κ1) is 37.0. The molecule has 0 aromatic carbocycles. The summed E-state index contributed by atoms with van der Waals surface area (Å²) in [5.74, 6) is 3.39. The van der Waals surface area contributed by atoms with E-state index in [1.54, 1.807) is 0 Å². The van der Waals surface area contributed by atoms with Crippen LogP contribution in [0.5, 0.6) is 0 Å². The molecule has 37 heavy (non-hydrogen) atoms. The molecule has 0 rings (SSSR count). The second kappa shape index (κ2) is 24.2. The smallest absolute Gasteiger partial charge is 0.215 e. The lowest BCUT2D eigenvalue weighted by molar-refractivity contribution is 0.329. The molecule has 0 aromatic heterocycles. The monoisotopic (exact) mass is 542 g/mol. The number of rotatable bonds is 17. The summed E-state index contributed by atoms with van der Waals surface area (Å²) in [6.07, 6.45) is 13.5. The number of nitrogens with two attached hydrogens (primary N) is 4. The number of hydrogen-bond donors (Lipinski definition) is 7. The van der Waals surface area contributed by atoms with Gasteiger partial charge in [-0.25, -0.2) is 0 Å². The maximum atomic E-state index is 7.26. The number of hydrogen-bond acceptors (Lipinski definition) is 4. The largest absolute Gasteiger partial charge is 0.370 e. The van der Waals surface area contributed by atoms with E-state index in [-0.39, 0.29) is 30.0 Å². The molecule has 0 amide bonds. The highest BCUT2D eigenvalue weighted by molar-refractivity contribution is 7.99. The third kappa shape index (κ3) is 26.7. The van der Waals surface area contributed by atoms with Crippen LogP contribution in [0.2, 0.25) is 0 Å². The number of guanidine groups is 4. The molecule has 1 atom stereocenters. The predicted molar refractivity (Wildman–Crippen MR) is 166 cm³/mol. The molecule has 11 heteroatoms. The molecule has 11 N–H and O–H groups in total. The molecule has 0 bridgehead atoms. The Morgan fingerprint density at radius 2 is 1.43 bits per heavy atom. The highest BCUT2D eigenvalue weighted by Gasteiger charge is 2.13. The van der Waals surface area contributed by atoms with Gasteiger partial charge in [-0.15, -0.1) is 0 Å². The molecule has 0 aliphatic carbocycles. The fraction of sp³-hybridized carbons (Fsp3) is 0.846. The van der Waals surface area contributed by atoms with Crippen molar-refractivity contribution in [3.05, 3.63) is 0 Å². The molecule has 0 fully saturated rings. The first-order valence-electron chi connectivity index (χ1n) is 13.9. The Morgan fingerprint density at radius 1 is 0.865 bits per heavy atom. The highest BCUT2D eigenvalue weighted by atomic mass is 32.2. The number of aliphatic imine (C=N–C) groups is 2. The van der Waals surface area contributed by atoms with Crippen molar-refractivity contribution in [1.29, 1.82) is 10.8 Å². The van der Waals surface area contributed by atoms with Gasteiger partial charge in [-0.2, -0.15) is 16.8 Å². The van der Waals surface area contributed by atoms with Crippen LogP contribution in [0.4, 0.5) is 0 Å². The van der Waals surface area contributed by atoms with E-state index in [1.807, 2.05) is 18.7 Å². The van der Waals surface area contributed by atoms with E-state index in [2.05, 4.69) is 54.8 Å². The Kier molecular flexibility index (Phi) is 24.2. The van der Waals surface area contributed by atoms with Gasteiger partial charge in [0, 0.05) is 18.6 Å². The Bertz CT molecular complexity index is 649. The van der Waals surface area contributed by atoms with Crippen LogP contribution in [0.25, 0.3) is 0 Å². The van der Waals surface area contributed by atoms with E-state index in [9.17, 15) is 0 Å². The normalized spacial score (nSPS) is 12.8. The van der Waals surface area contributed by atoms with Crippen molar-refractivity contribution in [2.45, 2.75) is 118 Å². The molecular weight excluding hydrogens is 484 g/mol. The van der Waals surface area contributed by atoms with Crippen molar-refractivity contribution in [1.82, 2.24) is 10.2 Å². The van der Waals surface area contributed by atoms with Gasteiger partial charge in [0.2, 0.25) is 5.96 Å². The quantitative estimate of drug-likeness (QED) is 0.0804. The Hall–Kier alpha value is -2.17. The Balaban J connectivity index is 0. The molecule has 0 aliphatic rings. The number of thioether (sulfide) groups is 1. The van der Waals surface area contributed by atoms with Gasteiger partial charge >= 0.3 is 0 Å². The maximum Gasteiger partial charge on any atom is 0.215 e. The van der Waals surface area contributed by atoms with Crippen LogP contribution in [0.3, 0.4) is 0 Å². The van der Waals surface area contributed by atoms with Gasteiger partial charge in [0.1, 0.15) is 0 Å². The van der Waals surface area contributed by atoms with Gasteiger partial charge in [0.05, 0.1) is 0 Å². The maximum absolute atomic E-state index is 7.26. The van der Waals surface area contributed by atoms with Gasteiger partial charge < -0.3 is 27.8 Å². The molecule has 0 radical (unpaired) electrons. The molecule has 0 saturated heterocycles. The lowest BCUT2D eigenvalue weighted by atomic mass is 10.1. The summed E-state index contributed by atoms with van der Waals surface area (Å²) < 4.78 is 0. The molecule has 218 valence electrons. The summed E-state index contributed by atoms with van der Waals surface area (Å²) in [6.45, 7) is 13.4. The van der Waals surface area contributed by atoms with Crippen molar-refractivity contribution in [2.24, 2.45) is 38.8 Å². The van der Waals surface area contributed by atoms with Gasteiger partial charge in [0.15, 0.2) is 17.9 Å². The molecule has 0 aliphatic heterocycles. The summed E-state index contributed by atoms with van der Waals surface area (Å²) in [4.78, 5) is 9.79. The molecular formula is C26H58N10S. The summed E-state index contributed by atoms with van der Waals surface area (Å²) in [6, 6.07) is 0.381. The second-order valence-corrected chi connectivity index (χ2v) is 11.2. The molecule has 10 nitrogen and oxygen atoms in total. The Labute approximate surface area is 231 Å². The van der Waals surface area contributed by atoms with E-state index >= 15 is 0 Å². The second-order valence-electron chi connectivity index (χ2n) is 10.1. The standard InChI is InChI=1S/C21H45N5S.C5H13N5/c1-5-6-7-8-9-10-11-12-16-27-17-19(4)14-13-15-26(18(2)3)21(24)25-20(22)23;1-3(2)9-5(8)10-4(6)7/h18-19H,5-17H2,1-4H3,(H5,22,23,24,25);3H,1-2H3,(H6,6,7,8,9,10). The highest BCUT2D eigenvalue weighted by Crippen LogP contribution is 2.17. The van der Waals surface area contributed by atoms with Gasteiger partial charge in [-0.3, -0.25) is 21.1 Å². The minimum absolute atomic E-state index is 0.117. The van der Waals surface area contributed by atoms with Crippen LogP contribution in [0.1, 0.15) is 106 Å². The van der Waals surface area contributed by atoms with Crippen LogP contribution >= 0.6 is 11.8 Å². The topological polar surface area (TPSA) is 192 Å². The first-order valence-corrected chi connectivity index (χ1v) is 15.0. The van der Waals surface area contributed by atoms with Crippen molar-refractivity contribution < 1.29 is 0 Å². The fourth-order valence-corrected chi connectivity index (χ4v) is 4.73. The van der Waals surface area contributed by atoms with Gasteiger partial charge in [-0.05, 0) is 64.4 Å². The lowest BCUT2D eigenvalue weighted by Crippen LogP contribution is -2.43. The van der Waals surface area contributed by atoms with E-state index in [0.29, 0.717) is 5.96 Å². The summed E-state index contributed by atoms with van der Waals surface area (Å²) in [5, 5.41) is 16.4. The predicted octanol–water partition coefficient (Wildman–Crippen LogP) is 4.39. The molecule has 0 spiro atoms. The molecule has 1 unspecified atom stereocenters. The molecule has 0 aromatic rings. The lowest BCUT2D eigenvalue weighted by Gasteiger charge is -2.28. The van der Waals surface area contributed by atoms with Crippen LogP contribution in [-0.2, 0) is 0 Å². The molecule has 0 heterocycles. The summed E-state index contributed by atoms with van der Waals surface area (Å²) in [5.41, 5.74) is 21.6. The van der Waals surface area contributed by atoms with Crippen molar-refractivity contribution >= 4 is 35.6 Å². The number of unbranched alkanes of at least 4 members (excludes halogenated alkanes) is 7. The van der Waals surface area contributed by atoms with Crippen LogP contribution in [-0.4, -0.2) is 58.9 Å². The van der Waals surface area contributed by atoms with Crippen molar-refractivity contribution in [3.8, 4) is 0 Å². The summed E-state index contributed by atoms with van der Waals surface area (Å²) in [7, 11) is 0. The van der Waals surface area contributed by atoms with Crippen LogP contribution in [0, 0.1) is 16.7 Å². The number of nitrogens with zero attached hydrogens (tertiary/aromatic N) is 3. The third-order valence-electron chi connectivity index (χ3n) is 5.45. The van der Waals surface area contributed by atoms with E-state index < -0.39 is 0 Å². The van der Waals surface area contributed by atoms with E-state index in [4.69, 9.17) is 33.8 Å². The number of nitrogens with one attached hydrogen (secondary N) is 3. The average molecular weight is 543 g/mol. The van der Waals surface area contributed by atoms with E-state index in [0.717, 1.165) is 18.9 Å². The fourth-order valence-electron chi connectivity index (χ4n) is 3.59. The van der Waals surface area contributed by atoms with E-state index in [1.165, 1.54) is 69.3 Å². The van der Waals surface area contributed by atoms with Crippen molar-refractivity contribution in [2.75, 3.05) is 18.1 Å². The molecule has 0 saturated carbocycles. The Morgan fingerprint density at radius 3 is 1.92 bits per heavy atom. The average Bonchev–Trinajstić information content (AvgIpc) is 2.76. The zero-order valence-electron chi connectivity index (χ0n) is 24.5. The van der Waals surface area contributed by atoms with Gasteiger partial charge in [0.25, 0.3) is 0 Å². The van der Waals surface area contributed by atoms with Crippen LogP contribution < -0.4 is 28.3 Å². The third-order valence-corrected chi connectivity index (χ3v) is 6.84. The minimum Gasteiger partial charge on any atom is -0.370 e. The summed E-state index contributed by atoms with van der Waals surface area (Å²) >= 11 is 2.11. The van der Waals surface area contributed by atoms with Crippen LogP contribution in [0.15, 0.2) is 9.98 Å². The SMILES string of the molecule is CC(C)N=C(N)NC(=N)N.CCCCCCCCCCSCC(C)CCCN(C(N)=NC(=N)N)C(C)C. The van der Waals surface area contributed by atoms with Crippen molar-refractivity contribution in [3.63, 3.8) is 0 Å².